The van der Waals surface area contributed by atoms with Gasteiger partial charge in [0.1, 0.15) is 5.82 Å². The van der Waals surface area contributed by atoms with Crippen LogP contribution in [0.4, 0.5) is 5.82 Å². The fraction of sp³-hybridized carbons (Fsp3) is 0.667. The summed E-state index contributed by atoms with van der Waals surface area (Å²) < 4.78 is 0. The number of anilines is 1. The van der Waals surface area contributed by atoms with Crippen molar-refractivity contribution in [2.45, 2.75) is 52.0 Å². The van der Waals surface area contributed by atoms with Crippen LogP contribution < -0.4 is 5.32 Å². The van der Waals surface area contributed by atoms with E-state index in [4.69, 9.17) is 0 Å². The van der Waals surface area contributed by atoms with E-state index in [2.05, 4.69) is 22.2 Å². The Kier molecular flexibility index (Phi) is 5.77. The first-order valence-corrected chi connectivity index (χ1v) is 7.62. The quantitative estimate of drug-likeness (QED) is 0.898. The second-order valence-electron chi connectivity index (χ2n) is 5.30. The minimum Gasteiger partial charge on any atom is -0.369 e. The lowest BCUT2D eigenvalue weighted by Crippen LogP contribution is -2.32. The lowest BCUT2D eigenvalue weighted by molar-refractivity contribution is -0.132. The molecule has 0 unspecified atom stereocenters. The van der Waals surface area contributed by atoms with Gasteiger partial charge in [0.15, 0.2) is 0 Å². The Balaban J connectivity index is 1.92. The molecule has 1 aliphatic heterocycles. The molecule has 1 fully saturated rings. The Bertz CT molecular complexity index is 418. The summed E-state index contributed by atoms with van der Waals surface area (Å²) in [6.45, 7) is 4.44. The van der Waals surface area contributed by atoms with Crippen LogP contribution in [-0.2, 0) is 11.3 Å². The molecule has 5 heteroatoms. The van der Waals surface area contributed by atoms with Gasteiger partial charge in [-0.1, -0.05) is 19.8 Å². The highest BCUT2D eigenvalue weighted by molar-refractivity contribution is 5.76. The smallest absolute Gasteiger partial charge is 0.222 e. The highest BCUT2D eigenvalue weighted by atomic mass is 16.2. The van der Waals surface area contributed by atoms with Crippen LogP contribution in [0.25, 0.3) is 0 Å². The molecule has 0 atom stereocenters. The summed E-state index contributed by atoms with van der Waals surface area (Å²) >= 11 is 0. The molecule has 1 amide bonds. The average Bonchev–Trinajstić information content (AvgIpc) is 2.46. The fourth-order valence-corrected chi connectivity index (χ4v) is 2.36. The molecule has 0 spiro atoms. The van der Waals surface area contributed by atoms with Gasteiger partial charge in [-0.2, -0.15) is 0 Å². The first-order chi connectivity index (χ1) is 9.79. The number of carbonyl (C=O) groups excluding carboxylic acids is 1. The Hall–Kier alpha value is -1.65. The van der Waals surface area contributed by atoms with Crippen molar-refractivity contribution < 1.29 is 4.79 Å². The zero-order chi connectivity index (χ0) is 14.2. The van der Waals surface area contributed by atoms with Gasteiger partial charge in [0.25, 0.3) is 0 Å². The van der Waals surface area contributed by atoms with Crippen LogP contribution in [0, 0.1) is 0 Å². The molecule has 0 radical (unpaired) electrons. The highest BCUT2D eigenvalue weighted by Gasteiger charge is 2.16. The van der Waals surface area contributed by atoms with Gasteiger partial charge in [0, 0.05) is 19.5 Å². The molecule has 2 rings (SSSR count). The van der Waals surface area contributed by atoms with Crippen LogP contribution in [0.2, 0.25) is 0 Å². The number of likely N-dealkylation sites (tertiary alicyclic amines) is 1. The van der Waals surface area contributed by atoms with E-state index in [1.807, 2.05) is 4.90 Å². The van der Waals surface area contributed by atoms with Crippen molar-refractivity contribution in [3.05, 3.63) is 18.1 Å². The van der Waals surface area contributed by atoms with Gasteiger partial charge in [0.05, 0.1) is 24.6 Å². The van der Waals surface area contributed by atoms with Crippen molar-refractivity contribution in [2.24, 2.45) is 0 Å². The highest BCUT2D eigenvalue weighted by Crippen LogP contribution is 2.14. The van der Waals surface area contributed by atoms with Crippen LogP contribution in [0.15, 0.2) is 12.4 Å². The summed E-state index contributed by atoms with van der Waals surface area (Å²) in [5.41, 5.74) is 0.862. The van der Waals surface area contributed by atoms with Crippen LogP contribution >= 0.6 is 0 Å². The van der Waals surface area contributed by atoms with E-state index in [0.29, 0.717) is 13.0 Å². The SMILES string of the molecule is CCCNc1cnc(CN2CCCCCCC2=O)cn1. The standard InChI is InChI=1S/C15H24N4O/c1-2-8-16-14-11-17-13(10-18-14)12-19-9-6-4-3-5-7-15(19)20/h10-11H,2-9,12H2,1H3,(H,16,18). The molecule has 110 valence electrons. The maximum atomic E-state index is 12.0. The number of amides is 1. The number of hydrogen-bond acceptors (Lipinski definition) is 4. The van der Waals surface area contributed by atoms with Gasteiger partial charge in [-0.05, 0) is 19.3 Å². The first kappa shape index (κ1) is 14.8. The predicted octanol–water partition coefficient (Wildman–Crippen LogP) is 2.59. The molecule has 0 aromatic carbocycles. The molecule has 1 aromatic heterocycles. The molecule has 2 heterocycles. The normalized spacial score (nSPS) is 16.6. The Morgan fingerprint density at radius 2 is 2.05 bits per heavy atom. The van der Waals surface area contributed by atoms with Crippen molar-refractivity contribution in [3.63, 3.8) is 0 Å². The Labute approximate surface area is 120 Å². The molecular formula is C15H24N4O. The number of rotatable bonds is 5. The van der Waals surface area contributed by atoms with E-state index in [9.17, 15) is 4.79 Å². The van der Waals surface area contributed by atoms with Crippen molar-refractivity contribution in [1.82, 2.24) is 14.9 Å². The average molecular weight is 276 g/mol. The van der Waals surface area contributed by atoms with Gasteiger partial charge in [-0.3, -0.25) is 9.78 Å². The maximum absolute atomic E-state index is 12.0. The lowest BCUT2D eigenvalue weighted by atomic mass is 10.1. The number of nitrogens with zero attached hydrogens (tertiary/aromatic N) is 3. The monoisotopic (exact) mass is 276 g/mol. The largest absolute Gasteiger partial charge is 0.369 e. The summed E-state index contributed by atoms with van der Waals surface area (Å²) in [7, 11) is 0. The summed E-state index contributed by atoms with van der Waals surface area (Å²) in [5.74, 6) is 1.05. The van der Waals surface area contributed by atoms with E-state index in [1.54, 1.807) is 12.4 Å². The van der Waals surface area contributed by atoms with Gasteiger partial charge in [-0.25, -0.2) is 4.98 Å². The van der Waals surface area contributed by atoms with E-state index < -0.39 is 0 Å². The number of aromatic nitrogens is 2. The van der Waals surface area contributed by atoms with Crippen LogP contribution in [0.5, 0.6) is 0 Å². The third-order valence-corrected chi connectivity index (χ3v) is 3.54. The third kappa shape index (κ3) is 4.47. The van der Waals surface area contributed by atoms with Crippen LogP contribution in [0.1, 0.15) is 51.1 Å². The second kappa shape index (κ2) is 7.82. The predicted molar refractivity (Wildman–Crippen MR) is 79.3 cm³/mol. The van der Waals surface area contributed by atoms with Crippen molar-refractivity contribution in [3.8, 4) is 0 Å². The fourth-order valence-electron chi connectivity index (χ4n) is 2.36. The molecule has 0 saturated carbocycles. The zero-order valence-corrected chi connectivity index (χ0v) is 12.3. The summed E-state index contributed by atoms with van der Waals surface area (Å²) in [6, 6.07) is 0. The van der Waals surface area contributed by atoms with Gasteiger partial charge >= 0.3 is 0 Å². The van der Waals surface area contributed by atoms with Crippen molar-refractivity contribution in [2.75, 3.05) is 18.4 Å². The molecule has 0 aliphatic carbocycles. The molecular weight excluding hydrogens is 252 g/mol. The second-order valence-corrected chi connectivity index (χ2v) is 5.30. The topological polar surface area (TPSA) is 58.1 Å². The molecule has 0 bridgehead atoms. The third-order valence-electron chi connectivity index (χ3n) is 3.54. The maximum Gasteiger partial charge on any atom is 0.222 e. The molecule has 1 N–H and O–H groups in total. The van der Waals surface area contributed by atoms with Crippen molar-refractivity contribution >= 4 is 11.7 Å². The van der Waals surface area contributed by atoms with E-state index in [-0.39, 0.29) is 5.91 Å². The van der Waals surface area contributed by atoms with E-state index in [1.165, 1.54) is 12.8 Å². The Morgan fingerprint density at radius 3 is 2.80 bits per heavy atom. The van der Waals surface area contributed by atoms with E-state index in [0.717, 1.165) is 43.9 Å². The molecule has 20 heavy (non-hydrogen) atoms. The minimum atomic E-state index is 0.250. The molecule has 1 aromatic rings. The summed E-state index contributed by atoms with van der Waals surface area (Å²) in [6.07, 6.45) is 9.75. The van der Waals surface area contributed by atoms with Crippen LogP contribution in [0.3, 0.4) is 0 Å². The number of hydrogen-bond donors (Lipinski definition) is 1. The molecule has 5 nitrogen and oxygen atoms in total. The number of nitrogens with one attached hydrogen (secondary N) is 1. The number of carbonyl (C=O) groups is 1. The zero-order valence-electron chi connectivity index (χ0n) is 12.3. The first-order valence-electron chi connectivity index (χ1n) is 7.62. The van der Waals surface area contributed by atoms with Gasteiger partial charge in [0.2, 0.25) is 5.91 Å². The van der Waals surface area contributed by atoms with Crippen molar-refractivity contribution in [1.29, 1.82) is 0 Å². The van der Waals surface area contributed by atoms with Gasteiger partial charge < -0.3 is 10.2 Å². The lowest BCUT2D eigenvalue weighted by Gasteiger charge is -2.24. The summed E-state index contributed by atoms with van der Waals surface area (Å²) in [5, 5.41) is 3.20. The van der Waals surface area contributed by atoms with Crippen LogP contribution in [-0.4, -0.2) is 33.9 Å². The minimum absolute atomic E-state index is 0.250. The Morgan fingerprint density at radius 1 is 1.20 bits per heavy atom. The molecule has 1 saturated heterocycles. The van der Waals surface area contributed by atoms with E-state index >= 15 is 0 Å². The summed E-state index contributed by atoms with van der Waals surface area (Å²) in [4.78, 5) is 22.7. The van der Waals surface area contributed by atoms with Gasteiger partial charge in [-0.15, -0.1) is 0 Å². The molecule has 1 aliphatic rings.